The summed E-state index contributed by atoms with van der Waals surface area (Å²) in [6.07, 6.45) is 3.12. The molecule has 1 aliphatic rings. The molecule has 0 bridgehead atoms. The first kappa shape index (κ1) is 22.7. The van der Waals surface area contributed by atoms with Crippen LogP contribution in [0.2, 0.25) is 0 Å². The van der Waals surface area contributed by atoms with Gasteiger partial charge in [0.15, 0.2) is 0 Å². The maximum Gasteiger partial charge on any atom is 0.274 e. The van der Waals surface area contributed by atoms with Gasteiger partial charge in [0.2, 0.25) is 5.91 Å². The molecule has 8 heteroatoms. The summed E-state index contributed by atoms with van der Waals surface area (Å²) in [5.74, 6) is -0.178. The van der Waals surface area contributed by atoms with E-state index in [0.717, 1.165) is 16.8 Å². The second-order valence-corrected chi connectivity index (χ2v) is 8.60. The number of hydrogen-bond donors (Lipinski definition) is 1. The molecule has 1 aliphatic heterocycles. The molecule has 0 saturated carbocycles. The van der Waals surface area contributed by atoms with Crippen LogP contribution < -0.4 is 0 Å². The molecule has 3 heterocycles. The van der Waals surface area contributed by atoms with E-state index in [1.165, 1.54) is 0 Å². The Morgan fingerprint density at radius 1 is 1.15 bits per heavy atom. The first-order valence-electron chi connectivity index (χ1n) is 11.2. The maximum atomic E-state index is 13.2. The SMILES string of the molecule is CC(C)c1cc(C(=O)N2CC(=O)N(Cc3cccnc3)C[C@H](OCc3ccccc3)C2)n[nH]1. The first-order chi connectivity index (χ1) is 16.0. The van der Waals surface area contributed by atoms with Crippen LogP contribution in [0.3, 0.4) is 0 Å². The second-order valence-electron chi connectivity index (χ2n) is 8.60. The summed E-state index contributed by atoms with van der Waals surface area (Å²) >= 11 is 0. The van der Waals surface area contributed by atoms with E-state index in [-0.39, 0.29) is 30.4 Å². The Bertz CT molecular complexity index is 1070. The van der Waals surface area contributed by atoms with E-state index >= 15 is 0 Å². The Morgan fingerprint density at radius 2 is 1.94 bits per heavy atom. The van der Waals surface area contributed by atoms with E-state index in [0.29, 0.717) is 31.9 Å². The van der Waals surface area contributed by atoms with E-state index in [9.17, 15) is 9.59 Å². The molecular weight excluding hydrogens is 418 g/mol. The number of nitrogens with zero attached hydrogens (tertiary/aromatic N) is 4. The van der Waals surface area contributed by atoms with Crippen molar-refractivity contribution in [2.75, 3.05) is 19.6 Å². The van der Waals surface area contributed by atoms with Crippen molar-refractivity contribution in [1.82, 2.24) is 25.0 Å². The fraction of sp³-hybridized carbons (Fsp3) is 0.360. The van der Waals surface area contributed by atoms with Gasteiger partial charge in [-0.15, -0.1) is 0 Å². The molecule has 1 aromatic carbocycles. The predicted molar refractivity (Wildman–Crippen MR) is 123 cm³/mol. The van der Waals surface area contributed by atoms with E-state index in [4.69, 9.17) is 4.74 Å². The van der Waals surface area contributed by atoms with Gasteiger partial charge in [0.05, 0.1) is 12.7 Å². The molecule has 0 spiro atoms. The molecule has 172 valence electrons. The van der Waals surface area contributed by atoms with Crippen molar-refractivity contribution in [2.45, 2.75) is 39.0 Å². The highest BCUT2D eigenvalue weighted by Gasteiger charge is 2.32. The topological polar surface area (TPSA) is 91.4 Å². The van der Waals surface area contributed by atoms with Gasteiger partial charge >= 0.3 is 0 Å². The van der Waals surface area contributed by atoms with Crippen molar-refractivity contribution < 1.29 is 14.3 Å². The zero-order valence-corrected chi connectivity index (χ0v) is 19.0. The monoisotopic (exact) mass is 447 g/mol. The minimum Gasteiger partial charge on any atom is -0.370 e. The molecule has 2 amide bonds. The molecular formula is C25H29N5O3. The third kappa shape index (κ3) is 5.84. The highest BCUT2D eigenvalue weighted by atomic mass is 16.5. The lowest BCUT2D eigenvalue weighted by Gasteiger charge is -2.24. The van der Waals surface area contributed by atoms with Crippen LogP contribution in [0, 0.1) is 0 Å². The standard InChI is InChI=1S/C25H29N5O3/c1-18(2)22-11-23(28-27-22)25(32)30-15-21(33-17-19-7-4-3-5-8-19)14-29(24(31)16-30)13-20-9-6-10-26-12-20/h3-12,18,21H,13-17H2,1-2H3,(H,27,28)/t21-/m0/s1. The summed E-state index contributed by atoms with van der Waals surface area (Å²) in [4.78, 5) is 33.8. The molecule has 0 unspecified atom stereocenters. The Morgan fingerprint density at radius 3 is 2.64 bits per heavy atom. The Kier molecular flexibility index (Phi) is 7.14. The zero-order valence-electron chi connectivity index (χ0n) is 19.0. The summed E-state index contributed by atoms with van der Waals surface area (Å²) < 4.78 is 6.19. The highest BCUT2D eigenvalue weighted by Crippen LogP contribution is 2.17. The number of rotatable bonds is 7. The molecule has 8 nitrogen and oxygen atoms in total. The summed E-state index contributed by atoms with van der Waals surface area (Å²) in [5.41, 5.74) is 3.17. The van der Waals surface area contributed by atoms with Crippen LogP contribution in [0.15, 0.2) is 60.9 Å². The Balaban J connectivity index is 1.53. The zero-order chi connectivity index (χ0) is 23.2. The summed E-state index contributed by atoms with van der Waals surface area (Å²) in [6, 6.07) is 15.4. The van der Waals surface area contributed by atoms with E-state index < -0.39 is 0 Å². The van der Waals surface area contributed by atoms with Gasteiger partial charge in [0.25, 0.3) is 5.91 Å². The van der Waals surface area contributed by atoms with Crippen LogP contribution in [0.25, 0.3) is 0 Å². The molecule has 2 aromatic heterocycles. The number of nitrogens with one attached hydrogen (secondary N) is 1. The highest BCUT2D eigenvalue weighted by molar-refractivity contribution is 5.95. The Hall–Kier alpha value is -3.52. The number of hydrogen-bond acceptors (Lipinski definition) is 5. The largest absolute Gasteiger partial charge is 0.370 e. The fourth-order valence-electron chi connectivity index (χ4n) is 3.80. The number of H-pyrrole nitrogens is 1. The van der Waals surface area contributed by atoms with Crippen molar-refractivity contribution >= 4 is 11.8 Å². The first-order valence-corrected chi connectivity index (χ1v) is 11.2. The second kappa shape index (κ2) is 10.4. The van der Waals surface area contributed by atoms with Crippen LogP contribution in [0.1, 0.15) is 47.1 Å². The molecule has 4 rings (SSSR count). The van der Waals surface area contributed by atoms with Crippen molar-refractivity contribution in [3.63, 3.8) is 0 Å². The van der Waals surface area contributed by atoms with Gasteiger partial charge in [-0.25, -0.2) is 0 Å². The van der Waals surface area contributed by atoms with Crippen molar-refractivity contribution in [3.05, 3.63) is 83.4 Å². The van der Waals surface area contributed by atoms with Gasteiger partial charge in [-0.2, -0.15) is 5.10 Å². The maximum absolute atomic E-state index is 13.2. The molecule has 1 N–H and O–H groups in total. The van der Waals surface area contributed by atoms with Crippen LogP contribution in [0.5, 0.6) is 0 Å². The average molecular weight is 448 g/mol. The summed E-state index contributed by atoms with van der Waals surface area (Å²) in [5, 5.41) is 7.10. The third-order valence-electron chi connectivity index (χ3n) is 5.68. The number of aromatic amines is 1. The number of ether oxygens (including phenoxy) is 1. The number of carbonyl (C=O) groups is 2. The lowest BCUT2D eigenvalue weighted by Crippen LogP contribution is -2.39. The number of benzene rings is 1. The van der Waals surface area contributed by atoms with Crippen LogP contribution in [-0.4, -0.2) is 62.5 Å². The van der Waals surface area contributed by atoms with Crippen LogP contribution in [0.4, 0.5) is 0 Å². The Labute approximate surface area is 193 Å². The van der Waals surface area contributed by atoms with E-state index in [1.807, 2.05) is 56.3 Å². The molecule has 0 radical (unpaired) electrons. The fourth-order valence-corrected chi connectivity index (χ4v) is 3.80. The number of pyridine rings is 1. The quantitative estimate of drug-likeness (QED) is 0.601. The normalized spacial score (nSPS) is 16.8. The van der Waals surface area contributed by atoms with Gasteiger partial charge in [0, 0.05) is 37.7 Å². The van der Waals surface area contributed by atoms with Crippen molar-refractivity contribution in [3.8, 4) is 0 Å². The molecule has 1 fully saturated rings. The van der Waals surface area contributed by atoms with Gasteiger partial charge in [-0.3, -0.25) is 19.7 Å². The van der Waals surface area contributed by atoms with Gasteiger partial charge in [0.1, 0.15) is 12.2 Å². The third-order valence-corrected chi connectivity index (χ3v) is 5.68. The minimum absolute atomic E-state index is 0.0197. The van der Waals surface area contributed by atoms with Crippen molar-refractivity contribution in [1.29, 1.82) is 0 Å². The van der Waals surface area contributed by atoms with E-state index in [1.54, 1.807) is 28.3 Å². The molecule has 1 atom stereocenters. The van der Waals surface area contributed by atoms with Gasteiger partial charge in [-0.05, 0) is 29.2 Å². The molecule has 0 aliphatic carbocycles. The van der Waals surface area contributed by atoms with Gasteiger partial charge in [-0.1, -0.05) is 50.2 Å². The minimum atomic E-state index is -0.333. The number of aromatic nitrogens is 3. The van der Waals surface area contributed by atoms with Crippen molar-refractivity contribution in [2.24, 2.45) is 0 Å². The predicted octanol–water partition coefficient (Wildman–Crippen LogP) is 3.00. The van der Waals surface area contributed by atoms with Crippen LogP contribution >= 0.6 is 0 Å². The smallest absolute Gasteiger partial charge is 0.274 e. The lowest BCUT2D eigenvalue weighted by atomic mass is 10.1. The van der Waals surface area contributed by atoms with Gasteiger partial charge < -0.3 is 14.5 Å². The van der Waals surface area contributed by atoms with Crippen LogP contribution in [-0.2, 0) is 22.7 Å². The van der Waals surface area contributed by atoms with E-state index in [2.05, 4.69) is 15.2 Å². The molecule has 3 aromatic rings. The summed E-state index contributed by atoms with van der Waals surface area (Å²) in [6.45, 7) is 5.56. The number of carbonyl (C=O) groups excluding carboxylic acids is 2. The molecule has 1 saturated heterocycles. The number of amides is 2. The molecule has 33 heavy (non-hydrogen) atoms. The lowest BCUT2D eigenvalue weighted by molar-refractivity contribution is -0.132. The average Bonchev–Trinajstić information content (AvgIpc) is 3.27. The summed E-state index contributed by atoms with van der Waals surface area (Å²) in [7, 11) is 0.